The van der Waals surface area contributed by atoms with Gasteiger partial charge in [0.25, 0.3) is 0 Å². The van der Waals surface area contributed by atoms with Gasteiger partial charge in [-0.05, 0) is 35.4 Å². The molecule has 4 rings (SSSR count). The average Bonchev–Trinajstić information content (AvgIpc) is 3.14. The molecule has 0 unspecified atom stereocenters. The van der Waals surface area contributed by atoms with Gasteiger partial charge in [-0.15, -0.1) is 0 Å². The lowest BCUT2D eigenvalue weighted by Crippen LogP contribution is -2.18. The second-order valence-electron chi connectivity index (χ2n) is 6.41. The monoisotopic (exact) mass is 392 g/mol. The Morgan fingerprint density at radius 2 is 1.56 bits per heavy atom. The van der Waals surface area contributed by atoms with Crippen molar-refractivity contribution >= 4 is 40.7 Å². The SMILES string of the molecule is Clc1ccc(Cl)c(N2N=C(/C=C/c3ccccc3)C[C@@H]2c2ccccc2)c1. The fourth-order valence-electron chi connectivity index (χ4n) is 3.21. The molecule has 1 aliphatic heterocycles. The van der Waals surface area contributed by atoms with Crippen LogP contribution in [0.25, 0.3) is 6.08 Å². The van der Waals surface area contributed by atoms with Crippen LogP contribution in [0.15, 0.2) is 90.0 Å². The van der Waals surface area contributed by atoms with Gasteiger partial charge in [0.15, 0.2) is 0 Å². The Morgan fingerprint density at radius 3 is 2.30 bits per heavy atom. The standard InChI is InChI=1S/C23H18Cl2N2/c24-19-12-14-21(25)23(15-19)27-22(18-9-5-2-6-10-18)16-20(26-27)13-11-17-7-3-1-4-8-17/h1-15,22H,16H2/b13-11+/t22-/m1/s1. The van der Waals surface area contributed by atoms with Gasteiger partial charge in [0, 0.05) is 11.4 Å². The molecule has 0 fully saturated rings. The van der Waals surface area contributed by atoms with E-state index >= 15 is 0 Å². The van der Waals surface area contributed by atoms with Crippen LogP contribution in [0.5, 0.6) is 0 Å². The Labute approximate surface area is 169 Å². The number of allylic oxidation sites excluding steroid dienone is 1. The summed E-state index contributed by atoms with van der Waals surface area (Å²) in [6, 6.07) is 26.1. The van der Waals surface area contributed by atoms with Crippen molar-refractivity contribution in [2.45, 2.75) is 12.5 Å². The van der Waals surface area contributed by atoms with E-state index in [4.69, 9.17) is 28.3 Å². The quantitative estimate of drug-likeness (QED) is 0.465. The summed E-state index contributed by atoms with van der Waals surface area (Å²) in [5.41, 5.74) is 4.17. The maximum atomic E-state index is 6.46. The molecule has 3 aromatic carbocycles. The Balaban J connectivity index is 1.70. The molecule has 1 aliphatic rings. The largest absolute Gasteiger partial charge is 0.256 e. The number of hydrogen-bond acceptors (Lipinski definition) is 2. The van der Waals surface area contributed by atoms with E-state index in [1.807, 2.05) is 53.5 Å². The smallest absolute Gasteiger partial charge is 0.0832 e. The van der Waals surface area contributed by atoms with Crippen molar-refractivity contribution in [1.29, 1.82) is 0 Å². The summed E-state index contributed by atoms with van der Waals surface area (Å²) >= 11 is 12.7. The van der Waals surface area contributed by atoms with E-state index in [-0.39, 0.29) is 6.04 Å². The number of benzene rings is 3. The molecule has 2 nitrogen and oxygen atoms in total. The van der Waals surface area contributed by atoms with Crippen LogP contribution in [0.1, 0.15) is 23.6 Å². The van der Waals surface area contributed by atoms with E-state index in [1.54, 1.807) is 6.07 Å². The van der Waals surface area contributed by atoms with Crippen molar-refractivity contribution in [2.75, 3.05) is 5.01 Å². The predicted molar refractivity (Wildman–Crippen MR) is 116 cm³/mol. The Kier molecular flexibility index (Phi) is 5.28. The van der Waals surface area contributed by atoms with E-state index in [1.165, 1.54) is 5.56 Å². The van der Waals surface area contributed by atoms with Crippen LogP contribution < -0.4 is 5.01 Å². The number of rotatable bonds is 4. The Hall–Kier alpha value is -2.55. The zero-order valence-electron chi connectivity index (χ0n) is 14.6. The second kappa shape index (κ2) is 7.99. The average molecular weight is 393 g/mol. The molecular weight excluding hydrogens is 375 g/mol. The van der Waals surface area contributed by atoms with Crippen molar-refractivity contribution in [3.05, 3.63) is 106 Å². The number of halogens is 2. The molecule has 1 heterocycles. The van der Waals surface area contributed by atoms with E-state index in [0.717, 1.165) is 23.4 Å². The minimum atomic E-state index is 0.0811. The maximum absolute atomic E-state index is 6.46. The molecule has 134 valence electrons. The van der Waals surface area contributed by atoms with Crippen LogP contribution in [0.4, 0.5) is 5.69 Å². The molecule has 1 atom stereocenters. The molecule has 0 aliphatic carbocycles. The van der Waals surface area contributed by atoms with E-state index in [2.05, 4.69) is 36.4 Å². The van der Waals surface area contributed by atoms with Gasteiger partial charge in [0.2, 0.25) is 0 Å². The maximum Gasteiger partial charge on any atom is 0.0832 e. The van der Waals surface area contributed by atoms with E-state index < -0.39 is 0 Å². The summed E-state index contributed by atoms with van der Waals surface area (Å²) in [6.45, 7) is 0. The first-order chi connectivity index (χ1) is 13.2. The van der Waals surface area contributed by atoms with Crippen molar-refractivity contribution in [1.82, 2.24) is 0 Å². The Morgan fingerprint density at radius 1 is 0.852 bits per heavy atom. The molecule has 3 aromatic rings. The molecule has 0 saturated carbocycles. The highest BCUT2D eigenvalue weighted by Crippen LogP contribution is 2.40. The molecular formula is C23H18Cl2N2. The summed E-state index contributed by atoms with van der Waals surface area (Å²) in [5, 5.41) is 8.11. The molecule has 0 aromatic heterocycles. The highest BCUT2D eigenvalue weighted by Gasteiger charge is 2.29. The minimum Gasteiger partial charge on any atom is -0.256 e. The minimum absolute atomic E-state index is 0.0811. The number of hydrazone groups is 1. The van der Waals surface area contributed by atoms with Crippen LogP contribution in [-0.2, 0) is 0 Å². The zero-order valence-corrected chi connectivity index (χ0v) is 16.1. The van der Waals surface area contributed by atoms with Gasteiger partial charge >= 0.3 is 0 Å². The van der Waals surface area contributed by atoms with Crippen molar-refractivity contribution in [3.8, 4) is 0 Å². The number of hydrogen-bond donors (Lipinski definition) is 0. The highest BCUT2D eigenvalue weighted by atomic mass is 35.5. The topological polar surface area (TPSA) is 15.6 Å². The fourth-order valence-corrected chi connectivity index (χ4v) is 3.58. The third kappa shape index (κ3) is 4.08. The Bertz CT molecular complexity index is 982. The highest BCUT2D eigenvalue weighted by molar-refractivity contribution is 6.35. The van der Waals surface area contributed by atoms with Crippen molar-refractivity contribution in [2.24, 2.45) is 5.10 Å². The van der Waals surface area contributed by atoms with Crippen LogP contribution in [0, 0.1) is 0 Å². The number of anilines is 1. The van der Waals surface area contributed by atoms with Crippen molar-refractivity contribution < 1.29 is 0 Å². The summed E-state index contributed by atoms with van der Waals surface area (Å²) in [5.74, 6) is 0. The third-order valence-electron chi connectivity index (χ3n) is 4.54. The normalized spacial score (nSPS) is 16.7. The van der Waals surface area contributed by atoms with Crippen LogP contribution in [0.2, 0.25) is 10.0 Å². The lowest BCUT2D eigenvalue weighted by Gasteiger charge is -2.25. The zero-order chi connectivity index (χ0) is 18.6. The summed E-state index contributed by atoms with van der Waals surface area (Å²) in [6.07, 6.45) is 4.96. The summed E-state index contributed by atoms with van der Waals surface area (Å²) < 4.78 is 0. The van der Waals surface area contributed by atoms with E-state index in [9.17, 15) is 0 Å². The third-order valence-corrected chi connectivity index (χ3v) is 5.10. The lowest BCUT2D eigenvalue weighted by atomic mass is 10.0. The first kappa shape index (κ1) is 17.8. The second-order valence-corrected chi connectivity index (χ2v) is 7.25. The van der Waals surface area contributed by atoms with Gasteiger partial charge in [0.1, 0.15) is 0 Å². The molecule has 0 radical (unpaired) electrons. The molecule has 0 N–H and O–H groups in total. The number of nitrogens with zero attached hydrogens (tertiary/aromatic N) is 2. The molecule has 0 bridgehead atoms. The van der Waals surface area contributed by atoms with Gasteiger partial charge in [-0.25, -0.2) is 0 Å². The molecule has 0 spiro atoms. The molecule has 27 heavy (non-hydrogen) atoms. The van der Waals surface area contributed by atoms with Crippen LogP contribution >= 0.6 is 23.2 Å². The van der Waals surface area contributed by atoms with Gasteiger partial charge < -0.3 is 0 Å². The summed E-state index contributed by atoms with van der Waals surface area (Å²) in [7, 11) is 0. The van der Waals surface area contributed by atoms with E-state index in [0.29, 0.717) is 10.0 Å². The first-order valence-corrected chi connectivity index (χ1v) is 9.56. The van der Waals surface area contributed by atoms with Crippen LogP contribution in [-0.4, -0.2) is 5.71 Å². The fraction of sp³-hybridized carbons (Fsp3) is 0.0870. The van der Waals surface area contributed by atoms with Gasteiger partial charge in [-0.1, -0.05) is 89.9 Å². The molecule has 0 saturated heterocycles. The predicted octanol–water partition coefficient (Wildman–Crippen LogP) is 7.01. The molecule has 4 heteroatoms. The first-order valence-electron chi connectivity index (χ1n) is 8.80. The lowest BCUT2D eigenvalue weighted by molar-refractivity contribution is 0.709. The molecule has 0 amide bonds. The van der Waals surface area contributed by atoms with Gasteiger partial charge in [0.05, 0.1) is 22.5 Å². The van der Waals surface area contributed by atoms with Gasteiger partial charge in [-0.3, -0.25) is 5.01 Å². The summed E-state index contributed by atoms with van der Waals surface area (Å²) in [4.78, 5) is 0. The van der Waals surface area contributed by atoms with Crippen LogP contribution in [0.3, 0.4) is 0 Å². The van der Waals surface area contributed by atoms with Crippen molar-refractivity contribution in [3.63, 3.8) is 0 Å². The van der Waals surface area contributed by atoms with Gasteiger partial charge in [-0.2, -0.15) is 5.10 Å².